The highest BCUT2D eigenvalue weighted by molar-refractivity contribution is 5.99. The Morgan fingerprint density at radius 2 is 1.79 bits per heavy atom. The van der Waals surface area contributed by atoms with E-state index in [-0.39, 0.29) is 18.2 Å². The van der Waals surface area contributed by atoms with Gasteiger partial charge in [-0.2, -0.15) is 0 Å². The number of nitrogens with one attached hydrogen (secondary N) is 1. The highest BCUT2D eigenvalue weighted by Crippen LogP contribution is 2.28. The van der Waals surface area contributed by atoms with Gasteiger partial charge in [0.1, 0.15) is 6.04 Å². The molecule has 4 N–H and O–H groups in total. The Morgan fingerprint density at radius 3 is 2.32 bits per heavy atom. The van der Waals surface area contributed by atoms with Crippen LogP contribution in [0.4, 0.5) is 0 Å². The van der Waals surface area contributed by atoms with Crippen molar-refractivity contribution in [3.63, 3.8) is 0 Å². The molecule has 8 heteroatoms. The molecule has 8 nitrogen and oxygen atoms in total. The maximum Gasteiger partial charge on any atom is 0.307 e. The first-order valence-electron chi connectivity index (χ1n) is 9.45. The van der Waals surface area contributed by atoms with E-state index in [0.717, 1.165) is 31.2 Å². The molecule has 0 bridgehead atoms. The lowest BCUT2D eigenvalue weighted by atomic mass is 9.94. The molecule has 152 valence electrons. The van der Waals surface area contributed by atoms with Gasteiger partial charge in [0.05, 0.1) is 5.92 Å². The molecule has 1 fully saturated rings. The molecule has 3 amide bonds. The molecule has 1 aliphatic carbocycles. The third kappa shape index (κ3) is 5.88. The van der Waals surface area contributed by atoms with Gasteiger partial charge in [-0.1, -0.05) is 43.2 Å². The number of imide groups is 1. The van der Waals surface area contributed by atoms with Crippen LogP contribution in [0, 0.1) is 11.8 Å². The molecule has 1 aromatic rings. The molecule has 2 rings (SSSR count). The molecule has 0 aromatic heterocycles. The zero-order valence-corrected chi connectivity index (χ0v) is 16.0. The molecular formula is C20H27N3O5. The van der Waals surface area contributed by atoms with Crippen LogP contribution in [0.2, 0.25) is 0 Å². The minimum Gasteiger partial charge on any atom is -0.481 e. The first-order chi connectivity index (χ1) is 13.3. The number of nitrogens with zero attached hydrogens (tertiary/aromatic N) is 1. The molecule has 2 unspecified atom stereocenters. The number of hydrogen-bond donors (Lipinski definition) is 3. The summed E-state index contributed by atoms with van der Waals surface area (Å²) >= 11 is 0. The average Bonchev–Trinajstić information content (AvgIpc) is 3.19. The summed E-state index contributed by atoms with van der Waals surface area (Å²) in [5.41, 5.74) is 0.777. The van der Waals surface area contributed by atoms with Crippen molar-refractivity contribution in [3.05, 3.63) is 35.9 Å². The SMILES string of the molecule is CC(=O)NC(C(=O)N(N)C(=O)CC(Cc1ccccc1)C(=O)O)C1CCCC1. The summed E-state index contributed by atoms with van der Waals surface area (Å²) < 4.78 is 0. The molecule has 28 heavy (non-hydrogen) atoms. The second kappa shape index (κ2) is 9.98. The Bertz CT molecular complexity index is 716. The topological polar surface area (TPSA) is 130 Å². The van der Waals surface area contributed by atoms with E-state index in [1.165, 1.54) is 6.92 Å². The Hall–Kier alpha value is -2.74. The second-order valence-electron chi connectivity index (χ2n) is 7.25. The van der Waals surface area contributed by atoms with Crippen molar-refractivity contribution in [2.45, 2.75) is 51.5 Å². The van der Waals surface area contributed by atoms with Gasteiger partial charge in [0, 0.05) is 13.3 Å². The molecule has 2 atom stereocenters. The van der Waals surface area contributed by atoms with Gasteiger partial charge >= 0.3 is 5.97 Å². The zero-order chi connectivity index (χ0) is 20.7. The molecule has 0 radical (unpaired) electrons. The number of carbonyl (C=O) groups is 4. The molecule has 1 saturated carbocycles. The molecule has 0 heterocycles. The molecule has 0 saturated heterocycles. The standard InChI is InChI=1S/C20H27N3O5/c1-13(24)22-18(15-9-5-6-10-15)19(26)23(21)17(25)12-16(20(27)28)11-14-7-3-2-4-8-14/h2-4,7-8,15-16,18H,5-6,9-12,21H2,1H3,(H,22,24)(H,27,28). The van der Waals surface area contributed by atoms with Crippen LogP contribution in [0.15, 0.2) is 30.3 Å². The first-order valence-corrected chi connectivity index (χ1v) is 9.45. The number of nitrogens with two attached hydrogens (primary N) is 1. The Morgan fingerprint density at radius 1 is 1.18 bits per heavy atom. The third-order valence-corrected chi connectivity index (χ3v) is 5.10. The number of aliphatic carboxylic acids is 1. The molecule has 0 aliphatic heterocycles. The largest absolute Gasteiger partial charge is 0.481 e. The maximum atomic E-state index is 12.7. The van der Waals surface area contributed by atoms with Crippen LogP contribution in [0.1, 0.15) is 44.6 Å². The van der Waals surface area contributed by atoms with Crippen LogP contribution in [0.25, 0.3) is 0 Å². The van der Waals surface area contributed by atoms with Crippen molar-refractivity contribution in [3.8, 4) is 0 Å². The number of amides is 3. The molecule has 0 spiro atoms. The van der Waals surface area contributed by atoms with Crippen LogP contribution in [0.3, 0.4) is 0 Å². The van der Waals surface area contributed by atoms with Crippen molar-refractivity contribution >= 4 is 23.7 Å². The minimum atomic E-state index is -1.13. The fourth-order valence-corrected chi connectivity index (χ4v) is 3.62. The van der Waals surface area contributed by atoms with Gasteiger partial charge in [-0.05, 0) is 30.7 Å². The summed E-state index contributed by atoms with van der Waals surface area (Å²) in [6, 6.07) is 8.07. The van der Waals surface area contributed by atoms with Gasteiger partial charge in [0.15, 0.2) is 0 Å². The van der Waals surface area contributed by atoms with E-state index in [9.17, 15) is 24.3 Å². The van der Waals surface area contributed by atoms with E-state index >= 15 is 0 Å². The van der Waals surface area contributed by atoms with Gasteiger partial charge < -0.3 is 10.4 Å². The Kier molecular flexibility index (Phi) is 7.69. The predicted octanol–water partition coefficient (Wildman–Crippen LogP) is 1.24. The summed E-state index contributed by atoms with van der Waals surface area (Å²) in [6.07, 6.45) is 3.19. The summed E-state index contributed by atoms with van der Waals surface area (Å²) in [7, 11) is 0. The number of rotatable bonds is 8. The maximum absolute atomic E-state index is 12.7. The summed E-state index contributed by atoms with van der Waals surface area (Å²) in [4.78, 5) is 48.3. The molecule has 1 aliphatic rings. The van der Waals surface area contributed by atoms with Gasteiger partial charge in [-0.15, -0.1) is 0 Å². The lowest BCUT2D eigenvalue weighted by Gasteiger charge is -2.27. The van der Waals surface area contributed by atoms with E-state index in [1.54, 1.807) is 24.3 Å². The van der Waals surface area contributed by atoms with Crippen LogP contribution < -0.4 is 11.2 Å². The van der Waals surface area contributed by atoms with E-state index in [0.29, 0.717) is 5.01 Å². The normalized spacial score (nSPS) is 16.2. The average molecular weight is 389 g/mol. The predicted molar refractivity (Wildman–Crippen MR) is 101 cm³/mol. The van der Waals surface area contributed by atoms with Crippen molar-refractivity contribution in [1.82, 2.24) is 10.3 Å². The van der Waals surface area contributed by atoms with Crippen molar-refractivity contribution in [1.29, 1.82) is 0 Å². The Balaban J connectivity index is 2.06. The highest BCUT2D eigenvalue weighted by atomic mass is 16.4. The van der Waals surface area contributed by atoms with Gasteiger partial charge in [0.25, 0.3) is 5.91 Å². The molecule has 1 aromatic carbocycles. The first kappa shape index (κ1) is 21.6. The van der Waals surface area contributed by atoms with E-state index in [4.69, 9.17) is 5.84 Å². The minimum absolute atomic E-state index is 0.0742. The van der Waals surface area contributed by atoms with E-state index in [1.807, 2.05) is 6.07 Å². The number of carbonyl (C=O) groups excluding carboxylic acids is 3. The van der Waals surface area contributed by atoms with Crippen LogP contribution in [0.5, 0.6) is 0 Å². The van der Waals surface area contributed by atoms with Crippen molar-refractivity contribution in [2.75, 3.05) is 0 Å². The van der Waals surface area contributed by atoms with Gasteiger partial charge in [-0.3, -0.25) is 19.2 Å². The third-order valence-electron chi connectivity index (χ3n) is 5.10. The summed E-state index contributed by atoms with van der Waals surface area (Å²) in [6.45, 7) is 1.30. The number of carboxylic acid groups (broad SMARTS) is 1. The summed E-state index contributed by atoms with van der Waals surface area (Å²) in [5.74, 6) is 1.68. The second-order valence-corrected chi connectivity index (χ2v) is 7.25. The van der Waals surface area contributed by atoms with Crippen molar-refractivity contribution < 1.29 is 24.3 Å². The summed E-state index contributed by atoms with van der Waals surface area (Å²) in [5, 5.41) is 12.5. The lowest BCUT2D eigenvalue weighted by Crippen LogP contribution is -2.56. The number of benzene rings is 1. The fourth-order valence-electron chi connectivity index (χ4n) is 3.62. The Labute approximate surface area is 164 Å². The van der Waals surface area contributed by atoms with Crippen LogP contribution >= 0.6 is 0 Å². The monoisotopic (exact) mass is 389 g/mol. The number of hydrogen-bond acceptors (Lipinski definition) is 5. The quantitative estimate of drug-likeness (QED) is 0.348. The zero-order valence-electron chi connectivity index (χ0n) is 16.0. The van der Waals surface area contributed by atoms with Gasteiger partial charge in [-0.25, -0.2) is 10.9 Å². The molecular weight excluding hydrogens is 362 g/mol. The lowest BCUT2D eigenvalue weighted by molar-refractivity contribution is -0.152. The van der Waals surface area contributed by atoms with Crippen molar-refractivity contribution in [2.24, 2.45) is 17.7 Å². The number of hydrazine groups is 1. The van der Waals surface area contributed by atoms with E-state index < -0.39 is 36.2 Å². The number of carboxylic acids is 1. The van der Waals surface area contributed by atoms with Crippen LogP contribution in [-0.4, -0.2) is 39.8 Å². The van der Waals surface area contributed by atoms with E-state index in [2.05, 4.69) is 5.32 Å². The smallest absolute Gasteiger partial charge is 0.307 e. The van der Waals surface area contributed by atoms with Crippen LogP contribution in [-0.2, 0) is 25.6 Å². The highest BCUT2D eigenvalue weighted by Gasteiger charge is 2.36. The van der Waals surface area contributed by atoms with Gasteiger partial charge in [0.2, 0.25) is 11.8 Å². The fraction of sp³-hybridized carbons (Fsp3) is 0.500.